The summed E-state index contributed by atoms with van der Waals surface area (Å²) in [5.74, 6) is -0.697. The van der Waals surface area contributed by atoms with E-state index in [1.54, 1.807) is 22.6 Å². The highest BCUT2D eigenvalue weighted by atomic mass is 127. The van der Waals surface area contributed by atoms with Gasteiger partial charge in [-0.1, -0.05) is 0 Å². The van der Waals surface area contributed by atoms with Crippen molar-refractivity contribution in [1.29, 1.82) is 0 Å². The van der Waals surface area contributed by atoms with Crippen LogP contribution in [0.5, 0.6) is 0 Å². The molecule has 66 valence electrons. The van der Waals surface area contributed by atoms with Gasteiger partial charge in [0.25, 0.3) is 9.05 Å². The van der Waals surface area contributed by atoms with E-state index in [0.29, 0.717) is 0 Å². The van der Waals surface area contributed by atoms with Crippen LogP contribution in [0.25, 0.3) is 0 Å². The first-order valence-electron chi connectivity index (χ1n) is 2.66. The molecule has 0 saturated carbocycles. The number of hydrogen-bond donors (Lipinski definition) is 0. The fourth-order valence-corrected chi connectivity index (χ4v) is 2.96. The van der Waals surface area contributed by atoms with Crippen LogP contribution in [0.2, 0.25) is 0 Å². The summed E-state index contributed by atoms with van der Waals surface area (Å²) in [6, 6.07) is 0. The molecular weight excluding hydrogens is 319 g/mol. The van der Waals surface area contributed by atoms with Crippen molar-refractivity contribution in [3.8, 4) is 0 Å². The van der Waals surface area contributed by atoms with Gasteiger partial charge in [-0.25, -0.2) is 12.8 Å². The van der Waals surface area contributed by atoms with Crippen molar-refractivity contribution in [3.05, 3.63) is 21.8 Å². The Morgan fingerprint density at radius 3 is 2.50 bits per heavy atom. The van der Waals surface area contributed by atoms with Crippen LogP contribution in [0.3, 0.4) is 0 Å². The van der Waals surface area contributed by atoms with Gasteiger partial charge in [0.15, 0.2) is 5.82 Å². The van der Waals surface area contributed by atoms with E-state index in [9.17, 15) is 12.8 Å². The zero-order valence-electron chi connectivity index (χ0n) is 5.46. The quantitative estimate of drug-likeness (QED) is 0.585. The van der Waals surface area contributed by atoms with Crippen LogP contribution in [0.1, 0.15) is 0 Å². The highest BCUT2D eigenvalue weighted by Gasteiger charge is 2.17. The second-order valence-corrected chi connectivity index (χ2v) is 5.48. The summed E-state index contributed by atoms with van der Waals surface area (Å²) < 4.78 is 34.2. The SMILES string of the molecule is O=S(=O)(Cl)c1cncc(F)c1I. The van der Waals surface area contributed by atoms with E-state index < -0.39 is 14.9 Å². The zero-order chi connectivity index (χ0) is 9.35. The number of nitrogens with zero attached hydrogens (tertiary/aromatic N) is 1. The average molecular weight is 321 g/mol. The molecule has 0 N–H and O–H groups in total. The predicted molar refractivity (Wildman–Crippen MR) is 50.0 cm³/mol. The average Bonchev–Trinajstić information content (AvgIpc) is 1.92. The molecule has 0 atom stereocenters. The molecule has 7 heteroatoms. The van der Waals surface area contributed by atoms with E-state index in [2.05, 4.69) is 4.98 Å². The van der Waals surface area contributed by atoms with E-state index in [1.807, 2.05) is 0 Å². The minimum absolute atomic E-state index is 0.0439. The normalized spacial score (nSPS) is 11.6. The van der Waals surface area contributed by atoms with Gasteiger partial charge >= 0.3 is 0 Å². The maximum absolute atomic E-state index is 12.7. The second-order valence-electron chi connectivity index (χ2n) is 1.87. The monoisotopic (exact) mass is 321 g/mol. The fourth-order valence-electron chi connectivity index (χ4n) is 0.571. The lowest BCUT2D eigenvalue weighted by atomic mass is 10.5. The Balaban J connectivity index is 3.47. The summed E-state index contributed by atoms with van der Waals surface area (Å²) in [7, 11) is 1.10. The lowest BCUT2D eigenvalue weighted by Gasteiger charge is -1.98. The van der Waals surface area contributed by atoms with E-state index in [-0.39, 0.29) is 8.47 Å². The van der Waals surface area contributed by atoms with Crippen molar-refractivity contribution in [1.82, 2.24) is 4.98 Å². The summed E-state index contributed by atoms with van der Waals surface area (Å²) in [5.41, 5.74) is 0. The number of pyridine rings is 1. The molecule has 1 rings (SSSR count). The van der Waals surface area contributed by atoms with Crippen LogP contribution < -0.4 is 0 Å². The number of halogens is 3. The Hall–Kier alpha value is 0.0500. The highest BCUT2D eigenvalue weighted by Crippen LogP contribution is 2.22. The van der Waals surface area contributed by atoms with E-state index >= 15 is 0 Å². The molecule has 0 bridgehead atoms. The molecule has 0 saturated heterocycles. The summed E-state index contributed by atoms with van der Waals surface area (Å²) in [6.07, 6.45) is 1.93. The lowest BCUT2D eigenvalue weighted by molar-refractivity contribution is 0.592. The molecule has 0 fully saturated rings. The molecule has 0 aliphatic carbocycles. The third kappa shape index (κ3) is 2.05. The summed E-state index contributed by atoms with van der Waals surface area (Å²) >= 11 is 1.55. The van der Waals surface area contributed by atoms with Gasteiger partial charge in [-0.3, -0.25) is 4.98 Å². The molecule has 0 aliphatic rings. The van der Waals surface area contributed by atoms with Crippen LogP contribution in [-0.4, -0.2) is 13.4 Å². The molecule has 1 aromatic rings. The Labute approximate surface area is 86.5 Å². The molecular formula is C5H2ClFINO2S. The van der Waals surface area contributed by atoms with Gasteiger partial charge in [0.1, 0.15) is 4.90 Å². The largest absolute Gasteiger partial charge is 0.264 e. The fraction of sp³-hybridized carbons (Fsp3) is 0. The first-order chi connectivity index (χ1) is 5.43. The summed E-state index contributed by atoms with van der Waals surface area (Å²) in [5, 5.41) is 0. The molecule has 3 nitrogen and oxygen atoms in total. The van der Waals surface area contributed by atoms with Crippen LogP contribution in [-0.2, 0) is 9.05 Å². The zero-order valence-corrected chi connectivity index (χ0v) is 9.19. The molecule has 0 aliphatic heterocycles. The standard InChI is InChI=1S/C5H2ClFINO2S/c6-12(10,11)4-2-9-1-3(7)5(4)8/h1-2H. The van der Waals surface area contributed by atoms with Gasteiger partial charge < -0.3 is 0 Å². The Morgan fingerprint density at radius 2 is 2.08 bits per heavy atom. The molecule has 1 heterocycles. The molecule has 0 radical (unpaired) electrons. The molecule has 0 unspecified atom stereocenters. The van der Waals surface area contributed by atoms with Crippen molar-refractivity contribution in [3.63, 3.8) is 0 Å². The smallest absolute Gasteiger partial charge is 0.260 e. The highest BCUT2D eigenvalue weighted by molar-refractivity contribution is 14.1. The van der Waals surface area contributed by atoms with Gasteiger partial charge in [0.2, 0.25) is 0 Å². The minimum atomic E-state index is -3.89. The number of hydrogen-bond acceptors (Lipinski definition) is 3. The topological polar surface area (TPSA) is 47.0 Å². The van der Waals surface area contributed by atoms with E-state index in [1.165, 1.54) is 0 Å². The maximum atomic E-state index is 12.7. The first kappa shape index (κ1) is 10.1. The molecule has 12 heavy (non-hydrogen) atoms. The Morgan fingerprint density at radius 1 is 1.50 bits per heavy atom. The third-order valence-electron chi connectivity index (χ3n) is 1.07. The van der Waals surface area contributed by atoms with Gasteiger partial charge in [-0.2, -0.15) is 0 Å². The third-order valence-corrected chi connectivity index (χ3v) is 3.86. The van der Waals surface area contributed by atoms with Crippen molar-refractivity contribution < 1.29 is 12.8 Å². The van der Waals surface area contributed by atoms with Crippen molar-refractivity contribution in [2.45, 2.75) is 4.90 Å². The summed E-state index contributed by atoms with van der Waals surface area (Å²) in [6.45, 7) is 0. The maximum Gasteiger partial charge on any atom is 0.264 e. The first-order valence-corrected chi connectivity index (χ1v) is 6.05. The van der Waals surface area contributed by atoms with Crippen molar-refractivity contribution in [2.24, 2.45) is 0 Å². The second kappa shape index (κ2) is 3.43. The minimum Gasteiger partial charge on any atom is -0.260 e. The van der Waals surface area contributed by atoms with Gasteiger partial charge in [0, 0.05) is 16.9 Å². The predicted octanol–water partition coefficient (Wildman–Crippen LogP) is 1.75. The van der Waals surface area contributed by atoms with E-state index in [0.717, 1.165) is 12.4 Å². The Kier molecular flexibility index (Phi) is 2.89. The van der Waals surface area contributed by atoms with Gasteiger partial charge in [0.05, 0.1) is 9.77 Å². The van der Waals surface area contributed by atoms with Crippen LogP contribution >= 0.6 is 33.3 Å². The van der Waals surface area contributed by atoms with Crippen LogP contribution in [0.4, 0.5) is 4.39 Å². The van der Waals surface area contributed by atoms with Gasteiger partial charge in [-0.15, -0.1) is 0 Å². The molecule has 0 spiro atoms. The van der Waals surface area contributed by atoms with Crippen LogP contribution in [0.15, 0.2) is 17.3 Å². The van der Waals surface area contributed by atoms with Gasteiger partial charge in [-0.05, 0) is 22.6 Å². The molecule has 0 amide bonds. The summed E-state index contributed by atoms with van der Waals surface area (Å²) in [4.78, 5) is 3.07. The van der Waals surface area contributed by atoms with Crippen molar-refractivity contribution in [2.75, 3.05) is 0 Å². The van der Waals surface area contributed by atoms with Crippen LogP contribution in [0, 0.1) is 9.39 Å². The van der Waals surface area contributed by atoms with E-state index in [4.69, 9.17) is 10.7 Å². The molecule has 0 aromatic carbocycles. The number of aromatic nitrogens is 1. The molecule has 1 aromatic heterocycles. The lowest BCUT2D eigenvalue weighted by Crippen LogP contribution is -1.98. The Bertz CT molecular complexity index is 408. The van der Waals surface area contributed by atoms with Crippen molar-refractivity contribution >= 4 is 42.3 Å². The number of rotatable bonds is 1.